The molecule has 0 aliphatic heterocycles. The molecule has 0 spiro atoms. The van der Waals surface area contributed by atoms with Crippen LogP contribution < -0.4 is 0 Å². The number of carbonyl (C=O) groups is 1. The molecule has 0 saturated heterocycles. The van der Waals surface area contributed by atoms with Crippen LogP contribution in [0.5, 0.6) is 0 Å². The minimum atomic E-state index is -0.345. The molecule has 0 bridgehead atoms. The molecule has 5 rings (SSSR count). The Kier molecular flexibility index (Phi) is 4.67. The van der Waals surface area contributed by atoms with Crippen LogP contribution in [0.15, 0.2) is 60.8 Å². The Morgan fingerprint density at radius 2 is 1.78 bits per heavy atom. The number of ketones is 1. The molecule has 1 aliphatic carbocycles. The molecule has 32 heavy (non-hydrogen) atoms. The fraction of sp³-hybridized carbons (Fsp3) is 0.222. The lowest BCUT2D eigenvalue weighted by Gasteiger charge is -2.31. The molecule has 0 saturated carbocycles. The van der Waals surface area contributed by atoms with Crippen molar-refractivity contribution >= 4 is 16.8 Å². The Balaban J connectivity index is 1.84. The van der Waals surface area contributed by atoms with E-state index in [0.717, 1.165) is 16.8 Å². The summed E-state index contributed by atoms with van der Waals surface area (Å²) in [5.41, 5.74) is 4.75. The van der Waals surface area contributed by atoms with E-state index in [1.54, 1.807) is 18.3 Å². The third-order valence-corrected chi connectivity index (χ3v) is 6.09. The van der Waals surface area contributed by atoms with Crippen molar-refractivity contribution in [3.63, 3.8) is 0 Å². The van der Waals surface area contributed by atoms with Gasteiger partial charge in [0.25, 0.3) is 0 Å². The highest BCUT2D eigenvalue weighted by atomic mass is 19.1. The zero-order chi connectivity index (χ0) is 22.5. The summed E-state index contributed by atoms with van der Waals surface area (Å²) in [6.07, 6.45) is 2.88. The predicted molar refractivity (Wildman–Crippen MR) is 122 cm³/mol. The summed E-state index contributed by atoms with van der Waals surface area (Å²) in [5, 5.41) is 10.6. The van der Waals surface area contributed by atoms with Crippen LogP contribution in [-0.4, -0.2) is 15.3 Å². The maximum atomic E-state index is 13.7. The monoisotopic (exact) mass is 423 g/mol. The number of aromatic nitrogens is 2. The van der Waals surface area contributed by atoms with E-state index in [0.29, 0.717) is 47.1 Å². The Labute approximate surface area is 185 Å². The molecule has 0 fully saturated rings. The molecular weight excluding hydrogens is 401 g/mol. The summed E-state index contributed by atoms with van der Waals surface area (Å²) in [6.45, 7) is 4.70. The minimum absolute atomic E-state index is 0.0182. The van der Waals surface area contributed by atoms with Gasteiger partial charge < -0.3 is 4.57 Å². The van der Waals surface area contributed by atoms with E-state index in [2.05, 4.69) is 19.9 Å². The van der Waals surface area contributed by atoms with E-state index in [-0.39, 0.29) is 17.0 Å². The molecule has 1 aliphatic rings. The minimum Gasteiger partial charge on any atom is -0.327 e. The van der Waals surface area contributed by atoms with E-state index >= 15 is 0 Å². The van der Waals surface area contributed by atoms with Crippen molar-refractivity contribution < 1.29 is 9.18 Å². The SMILES string of the molecule is CC1(C)CC(=O)c2c(nc3c(c(C#N)cn3Cc3ccccc3)c2-c2ccc(F)cc2)C1. The average molecular weight is 423 g/mol. The van der Waals surface area contributed by atoms with Crippen LogP contribution in [0.1, 0.15) is 47.4 Å². The first-order valence-electron chi connectivity index (χ1n) is 10.7. The molecule has 5 heteroatoms. The molecule has 2 aromatic carbocycles. The average Bonchev–Trinajstić information content (AvgIpc) is 3.10. The molecule has 4 nitrogen and oxygen atoms in total. The second-order valence-corrected chi connectivity index (χ2v) is 9.22. The zero-order valence-corrected chi connectivity index (χ0v) is 18.0. The fourth-order valence-corrected chi connectivity index (χ4v) is 4.72. The number of fused-ring (bicyclic) bond motifs is 2. The summed E-state index contributed by atoms with van der Waals surface area (Å²) in [4.78, 5) is 18.2. The van der Waals surface area contributed by atoms with Crippen LogP contribution in [0.4, 0.5) is 4.39 Å². The highest BCUT2D eigenvalue weighted by molar-refractivity contribution is 6.12. The predicted octanol–water partition coefficient (Wildman–Crippen LogP) is 5.92. The third-order valence-electron chi connectivity index (χ3n) is 6.09. The molecule has 0 unspecified atom stereocenters. The number of nitrogens with zero attached hydrogens (tertiary/aromatic N) is 3. The molecule has 158 valence electrons. The maximum absolute atomic E-state index is 13.7. The van der Waals surface area contributed by atoms with Gasteiger partial charge in [-0.2, -0.15) is 5.26 Å². The van der Waals surface area contributed by atoms with Gasteiger partial charge in [-0.1, -0.05) is 56.3 Å². The van der Waals surface area contributed by atoms with Gasteiger partial charge in [0.2, 0.25) is 0 Å². The Hall–Kier alpha value is -3.78. The molecule has 0 N–H and O–H groups in total. The third kappa shape index (κ3) is 3.38. The van der Waals surface area contributed by atoms with Gasteiger partial charge >= 0.3 is 0 Å². The van der Waals surface area contributed by atoms with Crippen LogP contribution in [0.25, 0.3) is 22.2 Å². The number of nitriles is 1. The Bertz CT molecular complexity index is 1390. The van der Waals surface area contributed by atoms with Crippen LogP contribution in [0, 0.1) is 22.6 Å². The van der Waals surface area contributed by atoms with Gasteiger partial charge in [-0.05, 0) is 35.1 Å². The smallest absolute Gasteiger partial charge is 0.165 e. The number of carbonyl (C=O) groups excluding carboxylic acids is 1. The number of pyridine rings is 1. The zero-order valence-electron chi connectivity index (χ0n) is 18.0. The lowest BCUT2D eigenvalue weighted by molar-refractivity contribution is 0.0911. The summed E-state index contributed by atoms with van der Waals surface area (Å²) in [7, 11) is 0. The topological polar surface area (TPSA) is 58.7 Å². The molecule has 0 atom stereocenters. The van der Waals surface area contributed by atoms with Crippen LogP contribution in [0.2, 0.25) is 0 Å². The van der Waals surface area contributed by atoms with Crippen molar-refractivity contribution in [3.8, 4) is 17.2 Å². The van der Waals surface area contributed by atoms with Crippen molar-refractivity contribution in [1.29, 1.82) is 5.26 Å². The lowest BCUT2D eigenvalue weighted by atomic mass is 9.73. The van der Waals surface area contributed by atoms with Gasteiger partial charge in [0.15, 0.2) is 5.78 Å². The van der Waals surface area contributed by atoms with Gasteiger partial charge in [0.1, 0.15) is 17.5 Å². The highest BCUT2D eigenvalue weighted by Gasteiger charge is 2.36. The quantitative estimate of drug-likeness (QED) is 0.411. The van der Waals surface area contributed by atoms with E-state index in [9.17, 15) is 14.4 Å². The number of Topliss-reactive ketones (excluding diaryl/α,β-unsaturated/α-hetero) is 1. The van der Waals surface area contributed by atoms with Gasteiger partial charge in [-0.3, -0.25) is 4.79 Å². The number of halogens is 1. The van der Waals surface area contributed by atoms with E-state index in [1.807, 2.05) is 34.9 Å². The second kappa shape index (κ2) is 7.42. The largest absolute Gasteiger partial charge is 0.327 e. The van der Waals surface area contributed by atoms with Crippen molar-refractivity contribution in [3.05, 3.63) is 89.0 Å². The van der Waals surface area contributed by atoms with Crippen molar-refractivity contribution in [2.24, 2.45) is 5.41 Å². The highest BCUT2D eigenvalue weighted by Crippen LogP contribution is 2.42. The maximum Gasteiger partial charge on any atom is 0.165 e. The number of rotatable bonds is 3. The van der Waals surface area contributed by atoms with Crippen molar-refractivity contribution in [2.75, 3.05) is 0 Å². The number of hydrogen-bond donors (Lipinski definition) is 0. The first kappa shape index (κ1) is 20.1. The second-order valence-electron chi connectivity index (χ2n) is 9.22. The molecule has 4 aromatic rings. The Morgan fingerprint density at radius 3 is 2.47 bits per heavy atom. The first-order chi connectivity index (χ1) is 15.4. The van der Waals surface area contributed by atoms with Crippen molar-refractivity contribution in [1.82, 2.24) is 9.55 Å². The molecule has 2 aromatic heterocycles. The summed E-state index contributed by atoms with van der Waals surface area (Å²) in [6, 6.07) is 18.4. The summed E-state index contributed by atoms with van der Waals surface area (Å²) >= 11 is 0. The molecule has 0 radical (unpaired) electrons. The summed E-state index contributed by atoms with van der Waals surface area (Å²) in [5.74, 6) is -0.327. The van der Waals surface area contributed by atoms with Gasteiger partial charge in [-0.25, -0.2) is 9.37 Å². The van der Waals surface area contributed by atoms with Crippen LogP contribution in [-0.2, 0) is 13.0 Å². The van der Waals surface area contributed by atoms with Gasteiger partial charge in [0.05, 0.1) is 11.3 Å². The standard InChI is InChI=1S/C27H22FN3O/c1-27(2)12-21-25(22(32)13-27)23(18-8-10-20(28)11-9-18)24-19(14-29)16-31(26(24)30-21)15-17-6-4-3-5-7-17/h3-11,16H,12-13,15H2,1-2H3. The van der Waals surface area contributed by atoms with E-state index in [4.69, 9.17) is 4.98 Å². The van der Waals surface area contributed by atoms with Crippen LogP contribution in [0.3, 0.4) is 0 Å². The van der Waals surface area contributed by atoms with E-state index in [1.165, 1.54) is 12.1 Å². The van der Waals surface area contributed by atoms with Crippen molar-refractivity contribution in [2.45, 2.75) is 33.2 Å². The molecule has 0 amide bonds. The number of hydrogen-bond acceptors (Lipinski definition) is 3. The Morgan fingerprint density at radius 1 is 1.06 bits per heavy atom. The molecule has 2 heterocycles. The normalized spacial score (nSPS) is 14.9. The fourth-order valence-electron chi connectivity index (χ4n) is 4.72. The molecular formula is C27H22FN3O. The van der Waals surface area contributed by atoms with Gasteiger partial charge in [-0.15, -0.1) is 0 Å². The van der Waals surface area contributed by atoms with E-state index < -0.39 is 0 Å². The van der Waals surface area contributed by atoms with Crippen LogP contribution >= 0.6 is 0 Å². The summed E-state index contributed by atoms with van der Waals surface area (Å²) < 4.78 is 15.7. The lowest BCUT2D eigenvalue weighted by Crippen LogP contribution is -2.28. The first-order valence-corrected chi connectivity index (χ1v) is 10.7. The van der Waals surface area contributed by atoms with Gasteiger partial charge in [0, 0.05) is 35.7 Å². The number of benzene rings is 2.